The smallest absolute Gasteiger partial charge is 0.354 e. The first-order valence-corrected chi connectivity index (χ1v) is 6.58. The van der Waals surface area contributed by atoms with Crippen LogP contribution in [-0.4, -0.2) is 47.1 Å². The van der Waals surface area contributed by atoms with Gasteiger partial charge in [-0.15, -0.1) is 24.8 Å². The van der Waals surface area contributed by atoms with E-state index in [4.69, 9.17) is 9.84 Å². The predicted octanol–water partition coefficient (Wildman–Crippen LogP) is 1.47. The molecule has 1 saturated carbocycles. The molecule has 22 heavy (non-hydrogen) atoms. The summed E-state index contributed by atoms with van der Waals surface area (Å²) in [6.07, 6.45) is 1.60. The number of pyridine rings is 1. The first-order chi connectivity index (χ1) is 9.60. The SMILES string of the molecule is COC(=O)C1C2CN(Cc3ccc(C(=O)O)nc3)CC21.Cl.Cl. The van der Waals surface area contributed by atoms with Gasteiger partial charge in [0.25, 0.3) is 0 Å². The quantitative estimate of drug-likeness (QED) is 0.830. The van der Waals surface area contributed by atoms with Crippen LogP contribution in [0.4, 0.5) is 0 Å². The van der Waals surface area contributed by atoms with E-state index in [2.05, 4.69) is 9.88 Å². The van der Waals surface area contributed by atoms with E-state index in [1.807, 2.05) is 0 Å². The van der Waals surface area contributed by atoms with Crippen molar-refractivity contribution < 1.29 is 19.4 Å². The van der Waals surface area contributed by atoms with Gasteiger partial charge in [0, 0.05) is 25.8 Å². The number of aromatic nitrogens is 1. The number of likely N-dealkylation sites (tertiary alicyclic amines) is 1. The fourth-order valence-electron chi connectivity index (χ4n) is 3.13. The van der Waals surface area contributed by atoms with Crippen molar-refractivity contribution in [2.45, 2.75) is 6.54 Å². The van der Waals surface area contributed by atoms with Crippen LogP contribution in [0.2, 0.25) is 0 Å². The number of hydrogen-bond donors (Lipinski definition) is 1. The van der Waals surface area contributed by atoms with E-state index in [0.29, 0.717) is 11.8 Å². The second-order valence-electron chi connectivity index (χ2n) is 5.43. The Balaban J connectivity index is 0.00000121. The number of nitrogens with zero attached hydrogens (tertiary/aromatic N) is 2. The van der Waals surface area contributed by atoms with E-state index in [1.165, 1.54) is 13.2 Å². The number of ether oxygens (including phenoxy) is 1. The summed E-state index contributed by atoms with van der Waals surface area (Å²) in [6.45, 7) is 2.53. The maximum atomic E-state index is 11.4. The van der Waals surface area contributed by atoms with Crippen molar-refractivity contribution in [3.63, 3.8) is 0 Å². The molecule has 2 heterocycles. The molecule has 2 atom stereocenters. The highest BCUT2D eigenvalue weighted by molar-refractivity contribution is 5.86. The summed E-state index contributed by atoms with van der Waals surface area (Å²) in [7, 11) is 1.43. The van der Waals surface area contributed by atoms with E-state index in [-0.39, 0.29) is 42.4 Å². The zero-order chi connectivity index (χ0) is 14.3. The maximum absolute atomic E-state index is 11.4. The van der Waals surface area contributed by atoms with Crippen molar-refractivity contribution in [3.8, 4) is 0 Å². The second-order valence-corrected chi connectivity index (χ2v) is 5.43. The van der Waals surface area contributed by atoms with Crippen LogP contribution in [0.3, 0.4) is 0 Å². The van der Waals surface area contributed by atoms with Crippen LogP contribution in [0.15, 0.2) is 18.3 Å². The first-order valence-electron chi connectivity index (χ1n) is 6.58. The van der Waals surface area contributed by atoms with Gasteiger partial charge in [-0.3, -0.25) is 9.69 Å². The number of methoxy groups -OCH3 is 1. The molecule has 2 aliphatic rings. The van der Waals surface area contributed by atoms with Crippen LogP contribution in [0.1, 0.15) is 16.1 Å². The van der Waals surface area contributed by atoms with Crippen molar-refractivity contribution in [2.24, 2.45) is 17.8 Å². The predicted molar refractivity (Wildman–Crippen MR) is 83.5 cm³/mol. The molecule has 122 valence electrons. The first kappa shape index (κ1) is 18.7. The van der Waals surface area contributed by atoms with Crippen molar-refractivity contribution in [2.75, 3.05) is 20.2 Å². The van der Waals surface area contributed by atoms with E-state index < -0.39 is 5.97 Å². The summed E-state index contributed by atoms with van der Waals surface area (Å²) in [6, 6.07) is 3.31. The van der Waals surface area contributed by atoms with E-state index >= 15 is 0 Å². The molecular formula is C14H18Cl2N2O4. The summed E-state index contributed by atoms with van der Waals surface area (Å²) >= 11 is 0. The Labute approximate surface area is 140 Å². The Kier molecular flexibility index (Phi) is 6.17. The molecule has 1 aliphatic carbocycles. The minimum Gasteiger partial charge on any atom is -0.477 e. The number of esters is 1. The average Bonchev–Trinajstić information content (AvgIpc) is 2.95. The molecule has 3 rings (SSSR count). The van der Waals surface area contributed by atoms with Crippen LogP contribution in [0, 0.1) is 17.8 Å². The zero-order valence-corrected chi connectivity index (χ0v) is 13.6. The third kappa shape index (κ3) is 3.51. The Morgan fingerprint density at radius 2 is 1.95 bits per heavy atom. The lowest BCUT2D eigenvalue weighted by atomic mass is 10.2. The van der Waals surface area contributed by atoms with Crippen molar-refractivity contribution in [1.82, 2.24) is 9.88 Å². The van der Waals surface area contributed by atoms with Gasteiger partial charge >= 0.3 is 11.9 Å². The van der Waals surface area contributed by atoms with Crippen LogP contribution < -0.4 is 0 Å². The number of piperidine rings is 1. The topological polar surface area (TPSA) is 79.7 Å². The monoisotopic (exact) mass is 348 g/mol. The van der Waals surface area contributed by atoms with Crippen LogP contribution in [0.5, 0.6) is 0 Å². The molecule has 1 N–H and O–H groups in total. The minimum absolute atomic E-state index is 0. The Bertz CT molecular complexity index is 540. The third-order valence-corrected chi connectivity index (χ3v) is 4.19. The number of halogens is 2. The number of fused-ring (bicyclic) bond motifs is 1. The summed E-state index contributed by atoms with van der Waals surface area (Å²) < 4.78 is 4.78. The Hall–Kier alpha value is -1.37. The van der Waals surface area contributed by atoms with Gasteiger partial charge in [0.1, 0.15) is 5.69 Å². The number of hydrogen-bond acceptors (Lipinski definition) is 5. The standard InChI is InChI=1S/C14H16N2O4.2ClH/c1-20-14(19)12-9-6-16(7-10(9)12)5-8-2-3-11(13(17)18)15-4-8;;/h2-4,9-10,12H,5-7H2,1H3,(H,17,18);2*1H. The van der Waals surface area contributed by atoms with Gasteiger partial charge in [0.15, 0.2) is 0 Å². The largest absolute Gasteiger partial charge is 0.477 e. The summed E-state index contributed by atoms with van der Waals surface area (Å²) in [5.74, 6) is -0.168. The lowest BCUT2D eigenvalue weighted by Crippen LogP contribution is -2.26. The maximum Gasteiger partial charge on any atom is 0.354 e. The Morgan fingerprint density at radius 1 is 1.32 bits per heavy atom. The molecule has 2 fully saturated rings. The molecule has 0 radical (unpaired) electrons. The lowest BCUT2D eigenvalue weighted by Gasteiger charge is -2.18. The molecule has 1 aromatic heterocycles. The number of rotatable bonds is 4. The number of carboxylic acid groups (broad SMARTS) is 1. The van der Waals surface area contributed by atoms with Gasteiger partial charge in [0.05, 0.1) is 13.0 Å². The van der Waals surface area contributed by atoms with E-state index in [9.17, 15) is 9.59 Å². The number of carbonyl (C=O) groups is 2. The van der Waals surface area contributed by atoms with E-state index in [0.717, 1.165) is 25.2 Å². The van der Waals surface area contributed by atoms with E-state index in [1.54, 1.807) is 12.3 Å². The van der Waals surface area contributed by atoms with Crippen LogP contribution in [-0.2, 0) is 16.1 Å². The van der Waals surface area contributed by atoms with Gasteiger partial charge in [-0.05, 0) is 23.5 Å². The highest BCUT2D eigenvalue weighted by Gasteiger charge is 2.59. The lowest BCUT2D eigenvalue weighted by molar-refractivity contribution is -0.143. The van der Waals surface area contributed by atoms with Gasteiger partial charge in [-0.1, -0.05) is 6.07 Å². The molecule has 0 aromatic carbocycles. The fraction of sp³-hybridized carbons (Fsp3) is 0.500. The van der Waals surface area contributed by atoms with Crippen LogP contribution in [0.25, 0.3) is 0 Å². The molecule has 0 amide bonds. The summed E-state index contributed by atoms with van der Waals surface area (Å²) in [4.78, 5) is 28.3. The van der Waals surface area contributed by atoms with Gasteiger partial charge in [-0.25, -0.2) is 9.78 Å². The minimum atomic E-state index is -1.01. The fourth-order valence-corrected chi connectivity index (χ4v) is 3.13. The van der Waals surface area contributed by atoms with Crippen molar-refractivity contribution >= 4 is 36.8 Å². The van der Waals surface area contributed by atoms with Crippen LogP contribution >= 0.6 is 24.8 Å². The van der Waals surface area contributed by atoms with Gasteiger partial charge in [0.2, 0.25) is 0 Å². The number of aromatic carboxylic acids is 1. The Morgan fingerprint density at radius 3 is 2.41 bits per heavy atom. The highest BCUT2D eigenvalue weighted by Crippen LogP contribution is 2.52. The number of carboxylic acids is 1. The molecule has 8 heteroatoms. The molecule has 1 saturated heterocycles. The molecular weight excluding hydrogens is 331 g/mol. The molecule has 2 unspecified atom stereocenters. The third-order valence-electron chi connectivity index (χ3n) is 4.19. The molecule has 0 bridgehead atoms. The molecule has 1 aliphatic heterocycles. The number of carbonyl (C=O) groups excluding carboxylic acids is 1. The zero-order valence-electron chi connectivity index (χ0n) is 12.0. The summed E-state index contributed by atoms with van der Waals surface area (Å²) in [5.41, 5.74) is 1.05. The average molecular weight is 349 g/mol. The molecule has 1 aromatic rings. The molecule has 0 spiro atoms. The van der Waals surface area contributed by atoms with Gasteiger partial charge in [-0.2, -0.15) is 0 Å². The second kappa shape index (κ2) is 7.26. The highest BCUT2D eigenvalue weighted by atomic mass is 35.5. The summed E-state index contributed by atoms with van der Waals surface area (Å²) in [5, 5.41) is 8.79. The molecule has 6 nitrogen and oxygen atoms in total. The van der Waals surface area contributed by atoms with Crippen molar-refractivity contribution in [1.29, 1.82) is 0 Å². The normalized spacial score (nSPS) is 25.4. The van der Waals surface area contributed by atoms with Gasteiger partial charge < -0.3 is 9.84 Å². The van der Waals surface area contributed by atoms with Crippen molar-refractivity contribution in [3.05, 3.63) is 29.6 Å².